The van der Waals surface area contributed by atoms with Crippen LogP contribution in [0.1, 0.15) is 65.5 Å². The van der Waals surface area contributed by atoms with E-state index in [1.807, 2.05) is 11.0 Å². The van der Waals surface area contributed by atoms with Crippen molar-refractivity contribution in [3.63, 3.8) is 0 Å². The first-order valence-electron chi connectivity index (χ1n) is 16.2. The summed E-state index contributed by atoms with van der Waals surface area (Å²) < 4.78 is 76.5. The number of methoxy groups -OCH3 is 1. The number of fused-ring (bicyclic) bond motifs is 4. The lowest BCUT2D eigenvalue weighted by Crippen LogP contribution is -2.57. The minimum atomic E-state index is -4.91. The minimum absolute atomic E-state index is 0.0751. The van der Waals surface area contributed by atoms with Crippen LogP contribution in [0, 0.1) is 17.1 Å². The smallest absolute Gasteiger partial charge is 0.417 e. The van der Waals surface area contributed by atoms with Crippen molar-refractivity contribution in [3.05, 3.63) is 41.2 Å². The standard InChI is InChI=1S/C35H36F4N6O5S/c1-33(2,3)49-31(46)43-29-22(14-40)26-19(10-11-24(36)27(26)51-29)20-13-25-21(12-23(20)35(37,38)39)28(42-30(41-25)48-7)44-15-17-8-9-18(16-44)45(17)32(47)50-34(4,5)6/h10-13,17-18H,8-9,15-16H2,1-7H3,(H,43,46). The number of piperazine rings is 1. The average molecular weight is 729 g/mol. The highest BCUT2D eigenvalue weighted by atomic mass is 32.1. The van der Waals surface area contributed by atoms with E-state index in [0.717, 1.165) is 12.1 Å². The summed E-state index contributed by atoms with van der Waals surface area (Å²) >= 11 is 0.714. The second kappa shape index (κ2) is 12.7. The Labute approximate surface area is 295 Å². The SMILES string of the molecule is COc1nc(N2CC3CCC(C2)N3C(=O)OC(C)(C)C)c2cc(C(F)(F)F)c(-c3ccc(F)c4sc(NC(=O)OC(C)(C)C)c(C#N)c34)cc2n1. The van der Waals surface area contributed by atoms with Crippen LogP contribution in [-0.2, 0) is 15.7 Å². The number of halogens is 4. The number of alkyl halides is 3. The molecule has 6 rings (SSSR count). The first-order chi connectivity index (χ1) is 23.8. The molecule has 0 radical (unpaired) electrons. The molecule has 2 atom stereocenters. The first-order valence-corrected chi connectivity index (χ1v) is 17.0. The number of nitrogens with one attached hydrogen (secondary N) is 1. The van der Waals surface area contributed by atoms with Gasteiger partial charge in [-0.05, 0) is 83.7 Å². The van der Waals surface area contributed by atoms with Crippen molar-refractivity contribution >= 4 is 55.3 Å². The molecule has 2 amide bonds. The number of hydrogen-bond donors (Lipinski definition) is 1. The Balaban J connectivity index is 1.49. The van der Waals surface area contributed by atoms with E-state index >= 15 is 17.6 Å². The van der Waals surface area contributed by atoms with Gasteiger partial charge in [-0.3, -0.25) is 10.2 Å². The maximum Gasteiger partial charge on any atom is 0.417 e. The van der Waals surface area contributed by atoms with Crippen molar-refractivity contribution in [2.24, 2.45) is 0 Å². The number of nitrogens with zero attached hydrogens (tertiary/aromatic N) is 5. The van der Waals surface area contributed by atoms with Gasteiger partial charge in [-0.1, -0.05) is 6.07 Å². The summed E-state index contributed by atoms with van der Waals surface area (Å²) in [5.74, 6) is -0.579. The lowest BCUT2D eigenvalue weighted by atomic mass is 9.93. The van der Waals surface area contributed by atoms with Gasteiger partial charge in [-0.15, -0.1) is 11.3 Å². The number of thiophene rings is 1. The van der Waals surface area contributed by atoms with Gasteiger partial charge < -0.3 is 19.1 Å². The van der Waals surface area contributed by atoms with Gasteiger partial charge in [-0.25, -0.2) is 14.0 Å². The number of hydrogen-bond acceptors (Lipinski definition) is 10. The Morgan fingerprint density at radius 3 is 2.20 bits per heavy atom. The van der Waals surface area contributed by atoms with Crippen LogP contribution < -0.4 is 15.0 Å². The number of anilines is 2. The van der Waals surface area contributed by atoms with Crippen LogP contribution in [0.2, 0.25) is 0 Å². The molecule has 2 saturated heterocycles. The molecule has 2 unspecified atom stereocenters. The lowest BCUT2D eigenvalue weighted by molar-refractivity contribution is -0.137. The van der Waals surface area contributed by atoms with Crippen LogP contribution in [0.5, 0.6) is 6.01 Å². The second-order valence-corrected chi connectivity index (χ2v) is 15.5. The first kappa shape index (κ1) is 35.9. The highest BCUT2D eigenvalue weighted by Gasteiger charge is 2.45. The minimum Gasteiger partial charge on any atom is -0.467 e. The highest BCUT2D eigenvalue weighted by Crippen LogP contribution is 2.47. The maximum atomic E-state index is 15.3. The Morgan fingerprint density at radius 2 is 1.63 bits per heavy atom. The molecule has 2 aliphatic rings. The van der Waals surface area contributed by atoms with E-state index in [9.17, 15) is 14.9 Å². The van der Waals surface area contributed by atoms with E-state index in [2.05, 4.69) is 15.3 Å². The fourth-order valence-electron chi connectivity index (χ4n) is 6.60. The third-order valence-corrected chi connectivity index (χ3v) is 9.59. The summed E-state index contributed by atoms with van der Waals surface area (Å²) in [5.41, 5.74) is -3.20. The zero-order valence-electron chi connectivity index (χ0n) is 29.0. The normalized spacial score (nSPS) is 17.8. The lowest BCUT2D eigenvalue weighted by Gasteiger charge is -2.42. The van der Waals surface area contributed by atoms with E-state index < -0.39 is 40.9 Å². The molecule has 2 fully saturated rings. The van der Waals surface area contributed by atoms with E-state index in [1.165, 1.54) is 19.2 Å². The molecule has 1 N–H and O–H groups in total. The summed E-state index contributed by atoms with van der Waals surface area (Å²) in [7, 11) is 1.34. The molecule has 4 aromatic rings. The molecule has 0 aliphatic carbocycles. The zero-order chi connectivity index (χ0) is 37.2. The zero-order valence-corrected chi connectivity index (χ0v) is 29.8. The van der Waals surface area contributed by atoms with Crippen molar-refractivity contribution < 1.29 is 41.4 Å². The molecule has 4 heterocycles. The predicted octanol–water partition coefficient (Wildman–Crippen LogP) is 8.48. The third-order valence-electron chi connectivity index (χ3n) is 8.48. The van der Waals surface area contributed by atoms with Gasteiger partial charge >= 0.3 is 24.4 Å². The van der Waals surface area contributed by atoms with Crippen LogP contribution in [0.4, 0.5) is 38.0 Å². The van der Waals surface area contributed by atoms with Gasteiger partial charge in [0.2, 0.25) is 0 Å². The molecule has 51 heavy (non-hydrogen) atoms. The molecule has 11 nitrogen and oxygen atoms in total. The molecule has 0 saturated carbocycles. The summed E-state index contributed by atoms with van der Waals surface area (Å²) in [6, 6.07) is 5.70. The largest absolute Gasteiger partial charge is 0.467 e. The van der Waals surface area contributed by atoms with Gasteiger partial charge in [0.05, 0.1) is 40.5 Å². The van der Waals surface area contributed by atoms with Gasteiger partial charge in [0.15, 0.2) is 0 Å². The topological polar surface area (TPSA) is 130 Å². The van der Waals surface area contributed by atoms with E-state index in [0.29, 0.717) is 37.3 Å². The van der Waals surface area contributed by atoms with Gasteiger partial charge in [-0.2, -0.15) is 28.4 Å². The van der Waals surface area contributed by atoms with E-state index in [4.69, 9.17) is 14.2 Å². The molecule has 2 aliphatic heterocycles. The summed E-state index contributed by atoms with van der Waals surface area (Å²) in [4.78, 5) is 38.1. The Bertz CT molecular complexity index is 2090. The van der Waals surface area contributed by atoms with Crippen LogP contribution in [-0.4, -0.2) is 70.5 Å². The average Bonchev–Trinajstić information content (AvgIpc) is 3.51. The van der Waals surface area contributed by atoms with Crippen LogP contribution in [0.15, 0.2) is 24.3 Å². The molecular formula is C35H36F4N6O5S. The number of ether oxygens (including phenoxy) is 3. The molecule has 2 aromatic heterocycles. The van der Waals surface area contributed by atoms with E-state index in [-0.39, 0.29) is 66.6 Å². The fraction of sp³-hybridized carbons (Fsp3) is 0.457. The summed E-state index contributed by atoms with van der Waals surface area (Å²) in [6.45, 7) is 10.8. The van der Waals surface area contributed by atoms with Crippen molar-refractivity contribution in [2.75, 3.05) is 30.4 Å². The Kier molecular flexibility index (Phi) is 8.94. The number of amides is 2. The summed E-state index contributed by atoms with van der Waals surface area (Å²) in [5, 5.41) is 12.5. The number of benzene rings is 2. The molecule has 270 valence electrons. The summed E-state index contributed by atoms with van der Waals surface area (Å²) in [6.07, 6.45) is -4.89. The predicted molar refractivity (Wildman–Crippen MR) is 184 cm³/mol. The maximum absolute atomic E-state index is 15.3. The quantitative estimate of drug-likeness (QED) is 0.206. The number of rotatable bonds is 4. The number of carbonyl (C=O) groups is 2. The van der Waals surface area contributed by atoms with Crippen LogP contribution >= 0.6 is 11.3 Å². The Morgan fingerprint density at radius 1 is 0.980 bits per heavy atom. The van der Waals surface area contributed by atoms with Crippen LogP contribution in [0.25, 0.3) is 32.1 Å². The molecule has 2 aromatic carbocycles. The van der Waals surface area contributed by atoms with Crippen molar-refractivity contribution in [2.45, 2.75) is 83.8 Å². The molecule has 2 bridgehead atoms. The molecular weight excluding hydrogens is 692 g/mol. The van der Waals surface area contributed by atoms with Gasteiger partial charge in [0.25, 0.3) is 0 Å². The second-order valence-electron chi connectivity index (χ2n) is 14.5. The van der Waals surface area contributed by atoms with Crippen molar-refractivity contribution in [1.82, 2.24) is 14.9 Å². The van der Waals surface area contributed by atoms with Crippen molar-refractivity contribution in [3.8, 4) is 23.2 Å². The third kappa shape index (κ3) is 7.03. The molecule has 0 spiro atoms. The number of aromatic nitrogens is 2. The monoisotopic (exact) mass is 728 g/mol. The van der Waals surface area contributed by atoms with E-state index in [1.54, 1.807) is 46.4 Å². The molecule has 16 heteroatoms. The Hall–Kier alpha value is -4.91. The van der Waals surface area contributed by atoms with Crippen molar-refractivity contribution in [1.29, 1.82) is 5.26 Å². The van der Waals surface area contributed by atoms with Crippen LogP contribution in [0.3, 0.4) is 0 Å². The number of carbonyl (C=O) groups excluding carboxylic acids is 2. The number of nitriles is 1. The fourth-order valence-corrected chi connectivity index (χ4v) is 7.67. The van der Waals surface area contributed by atoms with Gasteiger partial charge in [0.1, 0.15) is 33.9 Å². The van der Waals surface area contributed by atoms with Gasteiger partial charge in [0, 0.05) is 23.9 Å². The highest BCUT2D eigenvalue weighted by molar-refractivity contribution is 7.23.